The van der Waals surface area contributed by atoms with Crippen LogP contribution < -0.4 is 21.7 Å². The zero-order chi connectivity index (χ0) is 14.5. The summed E-state index contributed by atoms with van der Waals surface area (Å²) in [5, 5.41) is 4.16. The maximum Gasteiger partial charge on any atom is 0.126 e. The van der Waals surface area contributed by atoms with Gasteiger partial charge in [-0.25, -0.2) is 5.43 Å². The van der Waals surface area contributed by atoms with Crippen molar-refractivity contribution < 1.29 is 4.74 Å². The summed E-state index contributed by atoms with van der Waals surface area (Å²) in [5.74, 6) is 7.10. The van der Waals surface area contributed by atoms with Gasteiger partial charge in [0.25, 0.3) is 0 Å². The van der Waals surface area contributed by atoms with Gasteiger partial charge in [-0.3, -0.25) is 10.5 Å². The molecular weight excluding hydrogens is 254 g/mol. The van der Waals surface area contributed by atoms with Gasteiger partial charge in [-0.05, 0) is 12.5 Å². The number of para-hydroxylation sites is 1. The zero-order valence-corrected chi connectivity index (χ0v) is 11.8. The monoisotopic (exact) mass is 275 g/mol. The van der Waals surface area contributed by atoms with E-state index in [0.717, 1.165) is 23.3 Å². The quantitative estimate of drug-likeness (QED) is 0.546. The minimum absolute atomic E-state index is 0.253. The van der Waals surface area contributed by atoms with Crippen LogP contribution in [-0.2, 0) is 7.05 Å². The van der Waals surface area contributed by atoms with Gasteiger partial charge < -0.3 is 10.5 Å². The molecule has 1 unspecified atom stereocenters. The van der Waals surface area contributed by atoms with E-state index in [4.69, 9.17) is 16.3 Å². The number of rotatable bonds is 6. The molecule has 0 radical (unpaired) electrons. The van der Waals surface area contributed by atoms with Gasteiger partial charge >= 0.3 is 0 Å². The van der Waals surface area contributed by atoms with E-state index >= 15 is 0 Å². The Balaban J connectivity index is 2.39. The van der Waals surface area contributed by atoms with Gasteiger partial charge in [0.15, 0.2) is 0 Å². The summed E-state index contributed by atoms with van der Waals surface area (Å²) in [6, 6.07) is 7.54. The Morgan fingerprint density at radius 1 is 1.35 bits per heavy atom. The van der Waals surface area contributed by atoms with Gasteiger partial charge in [0.2, 0.25) is 0 Å². The van der Waals surface area contributed by atoms with Crippen LogP contribution in [0.4, 0.5) is 5.82 Å². The van der Waals surface area contributed by atoms with E-state index in [1.807, 2.05) is 24.3 Å². The van der Waals surface area contributed by atoms with Crippen LogP contribution >= 0.6 is 0 Å². The van der Waals surface area contributed by atoms with Crippen molar-refractivity contribution in [2.45, 2.75) is 19.4 Å². The third-order valence-electron chi connectivity index (χ3n) is 3.18. The van der Waals surface area contributed by atoms with Crippen molar-refractivity contribution in [3.63, 3.8) is 0 Å². The molecule has 108 valence electrons. The van der Waals surface area contributed by atoms with E-state index in [0.29, 0.717) is 12.4 Å². The molecule has 20 heavy (non-hydrogen) atoms. The second-order valence-corrected chi connectivity index (χ2v) is 4.59. The van der Waals surface area contributed by atoms with Crippen molar-refractivity contribution >= 4 is 5.82 Å². The number of nitrogens with one attached hydrogen (secondary N) is 1. The first kappa shape index (κ1) is 14.4. The molecule has 1 heterocycles. The first-order chi connectivity index (χ1) is 9.69. The molecule has 0 amide bonds. The molecule has 0 aliphatic carbocycles. The highest BCUT2D eigenvalue weighted by Gasteiger charge is 2.21. The van der Waals surface area contributed by atoms with Gasteiger partial charge in [-0.2, -0.15) is 5.10 Å². The number of aromatic nitrogens is 2. The molecule has 1 aromatic carbocycles. The lowest BCUT2D eigenvalue weighted by atomic mass is 10.0. The third-order valence-corrected chi connectivity index (χ3v) is 3.18. The van der Waals surface area contributed by atoms with Crippen molar-refractivity contribution in [1.29, 1.82) is 0 Å². The van der Waals surface area contributed by atoms with Gasteiger partial charge in [0.05, 0.1) is 18.8 Å². The summed E-state index contributed by atoms with van der Waals surface area (Å²) in [5.41, 5.74) is 10.6. The first-order valence-corrected chi connectivity index (χ1v) is 6.64. The molecule has 2 rings (SSSR count). The molecule has 1 atom stereocenters. The highest BCUT2D eigenvalue weighted by molar-refractivity contribution is 5.49. The summed E-state index contributed by atoms with van der Waals surface area (Å²) in [6.07, 6.45) is 2.67. The Hall–Kier alpha value is -2.05. The third kappa shape index (κ3) is 2.76. The summed E-state index contributed by atoms with van der Waals surface area (Å²) in [6.45, 7) is 2.73. The van der Waals surface area contributed by atoms with Crippen LogP contribution in [0.5, 0.6) is 5.75 Å². The van der Waals surface area contributed by atoms with Crippen LogP contribution in [0.15, 0.2) is 30.5 Å². The molecule has 0 saturated heterocycles. The molecule has 0 saturated carbocycles. The summed E-state index contributed by atoms with van der Waals surface area (Å²) < 4.78 is 7.39. The van der Waals surface area contributed by atoms with Gasteiger partial charge in [0, 0.05) is 18.2 Å². The van der Waals surface area contributed by atoms with E-state index in [-0.39, 0.29) is 6.04 Å². The standard InChI is InChI=1S/C14H21N5O/c1-3-8-20-12-7-5-4-6-10(12)13(18-16)11-9-17-19(2)14(11)15/h4-7,9,13,18H,3,8,15-16H2,1-2H3. The van der Waals surface area contributed by atoms with E-state index in [1.165, 1.54) is 0 Å². The number of anilines is 1. The second kappa shape index (κ2) is 6.40. The maximum atomic E-state index is 6.03. The van der Waals surface area contributed by atoms with E-state index < -0.39 is 0 Å². The second-order valence-electron chi connectivity index (χ2n) is 4.59. The number of hydrogen-bond donors (Lipinski definition) is 3. The largest absolute Gasteiger partial charge is 0.493 e. The van der Waals surface area contributed by atoms with Crippen LogP contribution in [0.1, 0.15) is 30.5 Å². The number of aryl methyl sites for hydroxylation is 1. The molecule has 0 spiro atoms. The highest BCUT2D eigenvalue weighted by Crippen LogP contribution is 2.31. The minimum atomic E-state index is -0.253. The van der Waals surface area contributed by atoms with Gasteiger partial charge in [-0.15, -0.1) is 0 Å². The van der Waals surface area contributed by atoms with Crippen molar-refractivity contribution in [2.24, 2.45) is 12.9 Å². The predicted molar refractivity (Wildman–Crippen MR) is 79.0 cm³/mol. The highest BCUT2D eigenvalue weighted by atomic mass is 16.5. The Morgan fingerprint density at radius 2 is 2.10 bits per heavy atom. The Kier molecular flexibility index (Phi) is 4.60. The van der Waals surface area contributed by atoms with Crippen LogP contribution in [0.25, 0.3) is 0 Å². The average Bonchev–Trinajstić information content (AvgIpc) is 2.79. The van der Waals surface area contributed by atoms with Gasteiger partial charge in [0.1, 0.15) is 11.6 Å². The first-order valence-electron chi connectivity index (χ1n) is 6.64. The number of benzene rings is 1. The summed E-state index contributed by atoms with van der Waals surface area (Å²) >= 11 is 0. The fourth-order valence-corrected chi connectivity index (χ4v) is 2.10. The van der Waals surface area contributed by atoms with E-state index in [1.54, 1.807) is 17.9 Å². The number of nitrogen functional groups attached to an aromatic ring is 1. The normalized spacial score (nSPS) is 12.3. The Bertz CT molecular complexity index is 566. The molecule has 0 aliphatic rings. The minimum Gasteiger partial charge on any atom is -0.493 e. The van der Waals surface area contributed by atoms with Crippen molar-refractivity contribution in [3.8, 4) is 5.75 Å². The Morgan fingerprint density at radius 3 is 2.70 bits per heavy atom. The fraction of sp³-hybridized carbons (Fsp3) is 0.357. The summed E-state index contributed by atoms with van der Waals surface area (Å²) in [4.78, 5) is 0. The lowest BCUT2D eigenvalue weighted by Crippen LogP contribution is -2.29. The topological polar surface area (TPSA) is 91.1 Å². The molecule has 0 aliphatic heterocycles. The number of hydrogen-bond acceptors (Lipinski definition) is 5. The Labute approximate surface area is 118 Å². The van der Waals surface area contributed by atoms with E-state index in [9.17, 15) is 0 Å². The molecule has 6 heteroatoms. The number of hydrazine groups is 1. The maximum absolute atomic E-state index is 6.03. The van der Waals surface area contributed by atoms with Gasteiger partial charge in [-0.1, -0.05) is 25.1 Å². The molecule has 5 N–H and O–H groups in total. The number of nitrogens with zero attached hydrogens (tertiary/aromatic N) is 2. The fourth-order valence-electron chi connectivity index (χ4n) is 2.10. The molecule has 2 aromatic rings. The molecule has 6 nitrogen and oxygen atoms in total. The van der Waals surface area contributed by atoms with Crippen molar-refractivity contribution in [2.75, 3.05) is 12.3 Å². The lowest BCUT2D eigenvalue weighted by Gasteiger charge is -2.19. The molecular formula is C14H21N5O. The average molecular weight is 275 g/mol. The van der Waals surface area contributed by atoms with Crippen LogP contribution in [0.2, 0.25) is 0 Å². The SMILES string of the molecule is CCCOc1ccccc1C(NN)c1cnn(C)c1N. The molecule has 0 fully saturated rings. The smallest absolute Gasteiger partial charge is 0.126 e. The number of ether oxygens (including phenoxy) is 1. The molecule has 0 bridgehead atoms. The zero-order valence-electron chi connectivity index (χ0n) is 11.8. The van der Waals surface area contributed by atoms with Crippen molar-refractivity contribution in [1.82, 2.24) is 15.2 Å². The van der Waals surface area contributed by atoms with Crippen molar-refractivity contribution in [3.05, 3.63) is 41.6 Å². The number of nitrogens with two attached hydrogens (primary N) is 2. The van der Waals surface area contributed by atoms with Crippen LogP contribution in [-0.4, -0.2) is 16.4 Å². The summed E-state index contributed by atoms with van der Waals surface area (Å²) in [7, 11) is 1.80. The van der Waals surface area contributed by atoms with Crippen LogP contribution in [0.3, 0.4) is 0 Å². The van der Waals surface area contributed by atoms with E-state index in [2.05, 4.69) is 17.4 Å². The molecule has 1 aromatic heterocycles. The lowest BCUT2D eigenvalue weighted by molar-refractivity contribution is 0.312. The predicted octanol–water partition coefficient (Wildman–Crippen LogP) is 1.34. The van der Waals surface area contributed by atoms with Crippen LogP contribution in [0, 0.1) is 0 Å².